The molecule has 0 bridgehead atoms. The van der Waals surface area contributed by atoms with Crippen molar-refractivity contribution >= 4 is 17.3 Å². The summed E-state index contributed by atoms with van der Waals surface area (Å²) in [5, 5.41) is 0. The van der Waals surface area contributed by atoms with Crippen molar-refractivity contribution in [2.24, 2.45) is 11.3 Å². The van der Waals surface area contributed by atoms with Gasteiger partial charge in [0.05, 0.1) is 6.67 Å². The Balaban J connectivity index is 1.46. The molecule has 2 heterocycles. The van der Waals surface area contributed by atoms with Crippen LogP contribution in [0, 0.1) is 11.3 Å². The number of allylic oxidation sites excluding steroid dienone is 4. The van der Waals surface area contributed by atoms with Crippen molar-refractivity contribution in [3.8, 4) is 0 Å². The summed E-state index contributed by atoms with van der Waals surface area (Å²) < 4.78 is 0. The summed E-state index contributed by atoms with van der Waals surface area (Å²) in [6.45, 7) is 15.4. The molecule has 2 N–H and O–H groups in total. The highest BCUT2D eigenvalue weighted by atomic mass is 15.4. The molecule has 0 amide bonds. The molecule has 5 heteroatoms. The van der Waals surface area contributed by atoms with E-state index in [2.05, 4.69) is 66.2 Å². The van der Waals surface area contributed by atoms with E-state index in [1.54, 1.807) is 0 Å². The van der Waals surface area contributed by atoms with E-state index in [1.807, 2.05) is 7.05 Å². The molecule has 2 aliphatic rings. The first-order chi connectivity index (χ1) is 14.7. The maximum Gasteiger partial charge on any atom is 0.159 e. The molecular formula is C26H41N5. The van der Waals surface area contributed by atoms with Gasteiger partial charge < -0.3 is 15.5 Å². The maximum absolute atomic E-state index is 6.10. The van der Waals surface area contributed by atoms with Crippen LogP contribution in [0.4, 0.5) is 17.3 Å². The van der Waals surface area contributed by atoms with Crippen molar-refractivity contribution in [2.75, 3.05) is 35.8 Å². The Hall–Kier alpha value is -2.30. The predicted octanol–water partition coefficient (Wildman–Crippen LogP) is 6.11. The Morgan fingerprint density at radius 3 is 2.71 bits per heavy atom. The molecule has 5 nitrogen and oxygen atoms in total. The highest BCUT2D eigenvalue weighted by Gasteiger charge is 2.33. The van der Waals surface area contributed by atoms with Gasteiger partial charge in [-0.3, -0.25) is 0 Å². The van der Waals surface area contributed by atoms with Gasteiger partial charge in [-0.1, -0.05) is 49.3 Å². The standard InChI is InChI=1S/C26H41N5/c1-19(12-13-22-21(3)11-8-15-26(22,4)5)9-7-10-20(2)14-16-31-18-30(6)25-23(31)24(27)28-17-29-25/h9,14,17,22H,3,7-8,10-13,15-16,18H2,1-2,4-6H3,(H2,27,28,29)/b19-9?,20-14+/t22-/m0/s1. The Morgan fingerprint density at radius 1 is 1.23 bits per heavy atom. The van der Waals surface area contributed by atoms with Crippen LogP contribution in [0.5, 0.6) is 0 Å². The van der Waals surface area contributed by atoms with E-state index in [-0.39, 0.29) is 0 Å². The average molecular weight is 424 g/mol. The summed E-state index contributed by atoms with van der Waals surface area (Å²) in [6.07, 6.45) is 14.8. The lowest BCUT2D eigenvalue weighted by Gasteiger charge is -2.40. The van der Waals surface area contributed by atoms with Crippen LogP contribution >= 0.6 is 0 Å². The summed E-state index contributed by atoms with van der Waals surface area (Å²) in [7, 11) is 2.04. The van der Waals surface area contributed by atoms with Gasteiger partial charge in [-0.25, -0.2) is 9.97 Å². The molecule has 1 atom stereocenters. The normalized spacial score (nSPS) is 21.6. The highest BCUT2D eigenvalue weighted by molar-refractivity contribution is 5.81. The van der Waals surface area contributed by atoms with Crippen molar-refractivity contribution in [3.63, 3.8) is 0 Å². The molecule has 1 aliphatic carbocycles. The number of fused-ring (bicyclic) bond motifs is 1. The third-order valence-corrected chi connectivity index (χ3v) is 7.17. The number of nitrogens with zero attached hydrogens (tertiary/aromatic N) is 4. The lowest BCUT2D eigenvalue weighted by Crippen LogP contribution is -2.29. The van der Waals surface area contributed by atoms with E-state index in [4.69, 9.17) is 5.73 Å². The van der Waals surface area contributed by atoms with E-state index in [0.29, 0.717) is 17.2 Å². The number of nitrogen functional groups attached to an aromatic ring is 1. The Labute approximate surface area is 189 Å². The minimum absolute atomic E-state index is 0.408. The van der Waals surface area contributed by atoms with Crippen LogP contribution in [-0.4, -0.2) is 30.2 Å². The Bertz CT molecular complexity index is 851. The summed E-state index contributed by atoms with van der Waals surface area (Å²) in [5.41, 5.74) is 11.9. The first kappa shape index (κ1) is 23.4. The second-order valence-electron chi connectivity index (χ2n) is 10.2. The zero-order valence-corrected chi connectivity index (χ0v) is 20.2. The minimum atomic E-state index is 0.408. The van der Waals surface area contributed by atoms with Crippen molar-refractivity contribution < 1.29 is 0 Å². The van der Waals surface area contributed by atoms with Crippen LogP contribution in [0.25, 0.3) is 0 Å². The lowest BCUT2D eigenvalue weighted by atomic mass is 9.65. The topological polar surface area (TPSA) is 58.3 Å². The van der Waals surface area contributed by atoms with Crippen LogP contribution in [0.15, 0.2) is 41.8 Å². The van der Waals surface area contributed by atoms with Gasteiger partial charge in [0.15, 0.2) is 11.6 Å². The molecule has 1 saturated carbocycles. The first-order valence-electron chi connectivity index (χ1n) is 11.7. The number of aromatic nitrogens is 2. The number of hydrogen-bond donors (Lipinski definition) is 1. The van der Waals surface area contributed by atoms with Gasteiger partial charge in [-0.2, -0.15) is 0 Å². The van der Waals surface area contributed by atoms with Gasteiger partial charge in [0.25, 0.3) is 0 Å². The monoisotopic (exact) mass is 423 g/mol. The van der Waals surface area contributed by atoms with E-state index >= 15 is 0 Å². The molecule has 1 aromatic heterocycles. The van der Waals surface area contributed by atoms with Gasteiger partial charge in [-0.15, -0.1) is 0 Å². The molecule has 0 aromatic carbocycles. The zero-order valence-electron chi connectivity index (χ0n) is 20.2. The minimum Gasteiger partial charge on any atom is -0.382 e. The van der Waals surface area contributed by atoms with Crippen LogP contribution < -0.4 is 15.5 Å². The fourth-order valence-electron chi connectivity index (χ4n) is 5.16. The number of hydrogen-bond acceptors (Lipinski definition) is 5. The molecule has 31 heavy (non-hydrogen) atoms. The van der Waals surface area contributed by atoms with E-state index < -0.39 is 0 Å². The molecule has 0 unspecified atom stereocenters. The number of anilines is 3. The van der Waals surface area contributed by atoms with Crippen LogP contribution in [0.3, 0.4) is 0 Å². The van der Waals surface area contributed by atoms with Gasteiger partial charge in [0, 0.05) is 13.6 Å². The van der Waals surface area contributed by atoms with E-state index in [0.717, 1.165) is 37.6 Å². The fourth-order valence-corrected chi connectivity index (χ4v) is 5.16. The molecule has 3 rings (SSSR count). The Morgan fingerprint density at radius 2 is 1.97 bits per heavy atom. The zero-order chi connectivity index (χ0) is 22.6. The third-order valence-electron chi connectivity index (χ3n) is 7.17. The largest absolute Gasteiger partial charge is 0.382 e. The van der Waals surface area contributed by atoms with Crippen molar-refractivity contribution in [1.82, 2.24) is 9.97 Å². The van der Waals surface area contributed by atoms with Crippen molar-refractivity contribution in [1.29, 1.82) is 0 Å². The van der Waals surface area contributed by atoms with Gasteiger partial charge >= 0.3 is 0 Å². The second-order valence-corrected chi connectivity index (χ2v) is 10.2. The molecule has 170 valence electrons. The van der Waals surface area contributed by atoms with E-state index in [9.17, 15) is 0 Å². The van der Waals surface area contributed by atoms with Gasteiger partial charge in [-0.05, 0) is 70.1 Å². The fraction of sp³-hybridized carbons (Fsp3) is 0.615. The molecule has 1 fully saturated rings. The summed E-state index contributed by atoms with van der Waals surface area (Å²) >= 11 is 0. The quantitative estimate of drug-likeness (QED) is 0.511. The number of rotatable bonds is 8. The predicted molar refractivity (Wildman–Crippen MR) is 133 cm³/mol. The summed E-state index contributed by atoms with van der Waals surface area (Å²) in [6, 6.07) is 0. The highest BCUT2D eigenvalue weighted by Crippen LogP contribution is 2.45. The molecule has 1 aromatic rings. The van der Waals surface area contributed by atoms with Crippen molar-refractivity contribution in [2.45, 2.75) is 72.6 Å². The van der Waals surface area contributed by atoms with Crippen LogP contribution in [0.2, 0.25) is 0 Å². The average Bonchev–Trinajstić information content (AvgIpc) is 3.02. The SMILES string of the molecule is C=C1CCCC(C)(C)[C@H]1CCC(C)=CCC/C(C)=C/CN1CN(C)c2ncnc(N)c21. The van der Waals surface area contributed by atoms with E-state index in [1.165, 1.54) is 55.2 Å². The second kappa shape index (κ2) is 9.88. The Kier molecular flexibility index (Phi) is 7.45. The maximum atomic E-state index is 6.10. The third kappa shape index (κ3) is 5.69. The number of nitrogens with two attached hydrogens (primary N) is 1. The van der Waals surface area contributed by atoms with Crippen LogP contribution in [0.1, 0.15) is 72.6 Å². The summed E-state index contributed by atoms with van der Waals surface area (Å²) in [4.78, 5) is 12.9. The summed E-state index contributed by atoms with van der Waals surface area (Å²) in [5.74, 6) is 2.15. The van der Waals surface area contributed by atoms with Gasteiger partial charge in [0.1, 0.15) is 12.0 Å². The molecule has 0 radical (unpaired) electrons. The van der Waals surface area contributed by atoms with Crippen molar-refractivity contribution in [3.05, 3.63) is 41.8 Å². The first-order valence-corrected chi connectivity index (χ1v) is 11.7. The molecular weight excluding hydrogens is 382 g/mol. The van der Waals surface area contributed by atoms with Gasteiger partial charge in [0.2, 0.25) is 0 Å². The smallest absolute Gasteiger partial charge is 0.159 e. The lowest BCUT2D eigenvalue weighted by molar-refractivity contribution is 0.180. The molecule has 1 aliphatic heterocycles. The molecule has 0 spiro atoms. The van der Waals surface area contributed by atoms with Crippen LogP contribution in [-0.2, 0) is 0 Å². The molecule has 0 saturated heterocycles.